The minimum atomic E-state index is -2.17. The predicted octanol–water partition coefficient (Wildman–Crippen LogP) is -1.75. The van der Waals surface area contributed by atoms with E-state index in [1.54, 1.807) is 30.3 Å². The quantitative estimate of drug-likeness (QED) is 0.170. The lowest BCUT2D eigenvalue weighted by atomic mass is 9.98. The van der Waals surface area contributed by atoms with E-state index in [0.717, 1.165) is 0 Å². The molecule has 0 saturated heterocycles. The minimum absolute atomic E-state index is 0.118. The van der Waals surface area contributed by atoms with Crippen LogP contribution in [0.4, 0.5) is 0 Å². The van der Waals surface area contributed by atoms with Gasteiger partial charge in [0, 0.05) is 0 Å². The summed E-state index contributed by atoms with van der Waals surface area (Å²) < 4.78 is 0. The molecule has 0 aromatic heterocycles. The van der Waals surface area contributed by atoms with E-state index in [0.29, 0.717) is 12.0 Å². The number of carbonyl (C=O) groups excluding carboxylic acids is 2. The monoisotopic (exact) mass is 455 g/mol. The number of aliphatic carboxylic acids is 1. The van der Waals surface area contributed by atoms with Crippen LogP contribution in [0, 0.1) is 5.92 Å². The number of carbonyl (C=O) groups is 3. The third-order valence-electron chi connectivity index (χ3n) is 4.84. The normalized spacial score (nSPS) is 17.0. The van der Waals surface area contributed by atoms with Crippen LogP contribution in [-0.4, -0.2) is 80.3 Å². The Bertz CT molecular complexity index is 746. The summed E-state index contributed by atoms with van der Waals surface area (Å²) in [6.07, 6.45) is -6.30. The van der Waals surface area contributed by atoms with Crippen LogP contribution in [0.25, 0.3) is 0 Å². The number of carboxylic acids is 1. The molecule has 0 bridgehead atoms. The number of hydrogen-bond acceptors (Lipinski definition) is 8. The molecule has 0 spiro atoms. The van der Waals surface area contributed by atoms with Crippen LogP contribution in [-0.2, 0) is 14.4 Å². The zero-order valence-electron chi connectivity index (χ0n) is 18.1. The fourth-order valence-electron chi connectivity index (χ4n) is 3.09. The highest BCUT2D eigenvalue weighted by Crippen LogP contribution is 2.17. The molecule has 5 unspecified atom stereocenters. The van der Waals surface area contributed by atoms with Crippen molar-refractivity contribution in [1.29, 1.82) is 0 Å². The van der Waals surface area contributed by atoms with Gasteiger partial charge in [0.1, 0.15) is 12.2 Å². The summed E-state index contributed by atoms with van der Waals surface area (Å²) in [5.74, 6) is -2.89. The summed E-state index contributed by atoms with van der Waals surface area (Å²) in [5.41, 5.74) is 6.22. The molecule has 32 heavy (non-hydrogen) atoms. The Morgan fingerprint density at radius 3 is 2.06 bits per heavy atom. The number of hydrogen-bond donors (Lipinski definition) is 8. The largest absolute Gasteiger partial charge is 0.481 e. The Kier molecular flexibility index (Phi) is 11.2. The van der Waals surface area contributed by atoms with Gasteiger partial charge in [0.05, 0.1) is 31.2 Å². The van der Waals surface area contributed by atoms with Gasteiger partial charge in [-0.05, 0) is 17.9 Å². The maximum absolute atomic E-state index is 12.4. The molecular formula is C21H33N3O8. The lowest BCUT2D eigenvalue weighted by Gasteiger charge is -2.30. The van der Waals surface area contributed by atoms with Crippen molar-refractivity contribution < 1.29 is 39.9 Å². The number of nitrogens with one attached hydrogen (secondary N) is 2. The molecule has 0 aliphatic carbocycles. The Hall–Kier alpha value is -2.57. The maximum atomic E-state index is 12.4. The number of nitrogens with two attached hydrogens (primary N) is 1. The number of amides is 2. The molecular weight excluding hydrogens is 422 g/mol. The molecule has 1 aromatic rings. The molecule has 0 heterocycles. The summed E-state index contributed by atoms with van der Waals surface area (Å²) in [4.78, 5) is 35.7. The lowest BCUT2D eigenvalue weighted by molar-refractivity contribution is -0.145. The topological polar surface area (TPSA) is 202 Å². The van der Waals surface area contributed by atoms with E-state index in [1.807, 2.05) is 13.8 Å². The fourth-order valence-corrected chi connectivity index (χ4v) is 3.09. The van der Waals surface area contributed by atoms with Gasteiger partial charge in [-0.2, -0.15) is 0 Å². The van der Waals surface area contributed by atoms with Gasteiger partial charge < -0.3 is 41.9 Å². The van der Waals surface area contributed by atoms with Crippen molar-refractivity contribution in [2.75, 3.05) is 6.61 Å². The molecule has 11 heteroatoms. The van der Waals surface area contributed by atoms with E-state index in [2.05, 4.69) is 10.6 Å². The van der Waals surface area contributed by atoms with Crippen molar-refractivity contribution in [2.45, 2.75) is 63.1 Å². The third-order valence-corrected chi connectivity index (χ3v) is 4.84. The molecule has 0 aliphatic heterocycles. The van der Waals surface area contributed by atoms with Gasteiger partial charge in [-0.15, -0.1) is 0 Å². The van der Waals surface area contributed by atoms with Crippen molar-refractivity contribution in [2.24, 2.45) is 11.7 Å². The second-order valence-electron chi connectivity index (χ2n) is 8.03. The second kappa shape index (κ2) is 13.1. The van der Waals surface area contributed by atoms with E-state index < -0.39 is 67.2 Å². The molecule has 2 amide bonds. The van der Waals surface area contributed by atoms with Gasteiger partial charge in [-0.3, -0.25) is 14.4 Å². The van der Waals surface area contributed by atoms with Crippen LogP contribution in [0.5, 0.6) is 0 Å². The number of aliphatic hydroxyl groups excluding tert-OH is 4. The second-order valence-corrected chi connectivity index (χ2v) is 8.03. The molecule has 9 N–H and O–H groups in total. The summed E-state index contributed by atoms with van der Waals surface area (Å²) in [5, 5.41) is 54.0. The van der Waals surface area contributed by atoms with Gasteiger partial charge in [0.25, 0.3) is 5.91 Å². The van der Waals surface area contributed by atoms with E-state index in [-0.39, 0.29) is 5.92 Å². The maximum Gasteiger partial charge on any atom is 0.305 e. The van der Waals surface area contributed by atoms with Gasteiger partial charge >= 0.3 is 5.97 Å². The first-order chi connectivity index (χ1) is 15.0. The molecule has 0 fully saturated rings. The van der Waals surface area contributed by atoms with Gasteiger partial charge in [-0.1, -0.05) is 44.2 Å². The average molecular weight is 456 g/mol. The highest BCUT2D eigenvalue weighted by Gasteiger charge is 2.37. The highest BCUT2D eigenvalue weighted by molar-refractivity contribution is 5.83. The zero-order valence-corrected chi connectivity index (χ0v) is 18.1. The first-order valence-corrected chi connectivity index (χ1v) is 10.3. The first kappa shape index (κ1) is 27.5. The molecule has 1 rings (SSSR count). The van der Waals surface area contributed by atoms with Gasteiger partial charge in [-0.25, -0.2) is 0 Å². The van der Waals surface area contributed by atoms with E-state index in [9.17, 15) is 34.8 Å². The lowest BCUT2D eigenvalue weighted by Crippen LogP contribution is -2.58. The number of benzene rings is 1. The van der Waals surface area contributed by atoms with Crippen LogP contribution in [0.2, 0.25) is 0 Å². The summed E-state index contributed by atoms with van der Waals surface area (Å²) in [7, 11) is 0. The van der Waals surface area contributed by atoms with Crippen molar-refractivity contribution >= 4 is 17.8 Å². The SMILES string of the molecule is CC(C)C[C@H](N)C(=O)NC(CO)C(O)C(O)C(O)C(=O)NC(CC(=O)O)c1ccccc1. The number of aliphatic hydroxyl groups is 4. The molecule has 0 saturated carbocycles. The zero-order chi connectivity index (χ0) is 24.4. The van der Waals surface area contributed by atoms with Crippen molar-refractivity contribution in [3.05, 3.63) is 35.9 Å². The summed E-state index contributed by atoms with van der Waals surface area (Å²) >= 11 is 0. The Labute approximate surface area is 186 Å². The predicted molar refractivity (Wildman–Crippen MR) is 114 cm³/mol. The summed E-state index contributed by atoms with van der Waals surface area (Å²) in [6, 6.07) is 4.85. The standard InChI is InChI=1S/C21H33N3O8/c1-11(2)8-13(22)20(31)24-15(10-25)17(28)18(29)19(30)21(32)23-14(9-16(26)27)12-6-4-3-5-7-12/h3-7,11,13-15,17-19,25,28-30H,8-10,22H2,1-2H3,(H,23,32)(H,24,31)(H,26,27)/t13-,14?,15?,17?,18?,19?/m0/s1. The van der Waals surface area contributed by atoms with E-state index >= 15 is 0 Å². The van der Waals surface area contributed by atoms with Crippen molar-refractivity contribution in [3.8, 4) is 0 Å². The van der Waals surface area contributed by atoms with Crippen molar-refractivity contribution in [1.82, 2.24) is 10.6 Å². The fraction of sp³-hybridized carbons (Fsp3) is 0.571. The Morgan fingerprint density at radius 2 is 1.56 bits per heavy atom. The highest BCUT2D eigenvalue weighted by atomic mass is 16.4. The minimum Gasteiger partial charge on any atom is -0.481 e. The van der Waals surface area contributed by atoms with E-state index in [4.69, 9.17) is 10.8 Å². The molecule has 6 atom stereocenters. The average Bonchev–Trinajstić information content (AvgIpc) is 2.74. The van der Waals surface area contributed by atoms with Crippen LogP contribution < -0.4 is 16.4 Å². The van der Waals surface area contributed by atoms with Crippen LogP contribution in [0.15, 0.2) is 30.3 Å². The first-order valence-electron chi connectivity index (χ1n) is 10.3. The summed E-state index contributed by atoms with van der Waals surface area (Å²) in [6.45, 7) is 2.92. The number of rotatable bonds is 13. The molecule has 0 radical (unpaired) electrons. The molecule has 1 aromatic carbocycles. The Balaban J connectivity index is 2.83. The van der Waals surface area contributed by atoms with Crippen molar-refractivity contribution in [3.63, 3.8) is 0 Å². The van der Waals surface area contributed by atoms with Crippen LogP contribution in [0.1, 0.15) is 38.3 Å². The van der Waals surface area contributed by atoms with Gasteiger partial charge in [0.15, 0.2) is 6.10 Å². The smallest absolute Gasteiger partial charge is 0.305 e. The van der Waals surface area contributed by atoms with Gasteiger partial charge in [0.2, 0.25) is 5.91 Å². The Morgan fingerprint density at radius 1 is 0.969 bits per heavy atom. The van der Waals surface area contributed by atoms with E-state index in [1.165, 1.54) is 0 Å². The molecule has 11 nitrogen and oxygen atoms in total. The third kappa shape index (κ3) is 8.52. The van der Waals surface area contributed by atoms with Crippen LogP contribution >= 0.6 is 0 Å². The number of carboxylic acid groups (broad SMARTS) is 1. The molecule has 180 valence electrons. The van der Waals surface area contributed by atoms with Crippen LogP contribution in [0.3, 0.4) is 0 Å². The molecule has 0 aliphatic rings.